The first-order valence-corrected chi connectivity index (χ1v) is 9.21. The highest BCUT2D eigenvalue weighted by Crippen LogP contribution is 2.22. The molecule has 0 bridgehead atoms. The minimum atomic E-state index is -0.247. The second kappa shape index (κ2) is 8.97. The third-order valence-corrected chi connectivity index (χ3v) is 4.68. The van der Waals surface area contributed by atoms with Gasteiger partial charge in [-0.15, -0.1) is 0 Å². The first kappa shape index (κ1) is 19.3. The number of pyridine rings is 1. The maximum atomic E-state index is 12.4. The highest BCUT2D eigenvalue weighted by Gasteiger charge is 2.18. The van der Waals surface area contributed by atoms with Crippen LogP contribution in [0.1, 0.15) is 34.5 Å². The molecular weight excluding hydrogens is 368 g/mol. The molecule has 27 heavy (non-hydrogen) atoms. The molecule has 0 spiro atoms. The zero-order valence-electron chi connectivity index (χ0n) is 14.8. The zero-order valence-corrected chi connectivity index (χ0v) is 15.5. The van der Waals surface area contributed by atoms with Gasteiger partial charge in [0, 0.05) is 48.9 Å². The van der Waals surface area contributed by atoms with Crippen molar-refractivity contribution in [1.82, 2.24) is 10.3 Å². The Morgan fingerprint density at radius 2 is 1.96 bits per heavy atom. The van der Waals surface area contributed by atoms with Crippen LogP contribution in [0.25, 0.3) is 0 Å². The molecule has 0 radical (unpaired) electrons. The van der Waals surface area contributed by atoms with Crippen LogP contribution < -0.4 is 5.32 Å². The van der Waals surface area contributed by atoms with Gasteiger partial charge in [0.05, 0.1) is 0 Å². The largest absolute Gasteiger partial charge is 0.508 e. The number of carbonyl (C=O) groups is 2. The van der Waals surface area contributed by atoms with Gasteiger partial charge >= 0.3 is 0 Å². The predicted molar refractivity (Wildman–Crippen MR) is 101 cm³/mol. The number of ether oxygens (including phenoxy) is 1. The maximum absolute atomic E-state index is 12.4. The van der Waals surface area contributed by atoms with Gasteiger partial charge in [0.1, 0.15) is 17.2 Å². The quantitative estimate of drug-likeness (QED) is 0.794. The van der Waals surface area contributed by atoms with Crippen molar-refractivity contribution in [2.24, 2.45) is 0 Å². The molecule has 1 aromatic carbocycles. The molecule has 1 aliphatic rings. The molecule has 2 aromatic rings. The topological polar surface area (TPSA) is 88.5 Å². The third-order valence-electron chi connectivity index (χ3n) is 4.44. The molecule has 0 unspecified atom stereocenters. The third kappa shape index (κ3) is 5.52. The van der Waals surface area contributed by atoms with Crippen LogP contribution in [0.15, 0.2) is 36.5 Å². The second-order valence-electron chi connectivity index (χ2n) is 6.57. The molecule has 1 aromatic heterocycles. The van der Waals surface area contributed by atoms with Gasteiger partial charge in [-0.05, 0) is 48.7 Å². The molecule has 2 heterocycles. The summed E-state index contributed by atoms with van der Waals surface area (Å²) in [4.78, 5) is 28.8. The molecule has 142 valence electrons. The van der Waals surface area contributed by atoms with Crippen LogP contribution in [-0.2, 0) is 22.4 Å². The SMILES string of the molecule is O=C(Cc1ccnc(C(=O)NC2CCOCC2)c1)Cc1cc(Cl)ccc1O. The minimum absolute atomic E-state index is 0.0407. The average molecular weight is 389 g/mol. The Bertz CT molecular complexity index is 834. The number of phenolic OH excluding ortho intramolecular Hbond substituents is 1. The van der Waals surface area contributed by atoms with Crippen LogP contribution in [0, 0.1) is 0 Å². The van der Waals surface area contributed by atoms with Gasteiger partial charge in [-0.3, -0.25) is 14.6 Å². The first-order valence-electron chi connectivity index (χ1n) is 8.84. The normalized spacial score (nSPS) is 14.7. The van der Waals surface area contributed by atoms with Crippen LogP contribution >= 0.6 is 11.6 Å². The molecule has 0 atom stereocenters. The summed E-state index contributed by atoms with van der Waals surface area (Å²) in [7, 11) is 0. The van der Waals surface area contributed by atoms with Gasteiger partial charge in [0.15, 0.2) is 0 Å². The number of ketones is 1. The van der Waals surface area contributed by atoms with Crippen molar-refractivity contribution in [2.45, 2.75) is 31.7 Å². The van der Waals surface area contributed by atoms with Crippen molar-refractivity contribution >= 4 is 23.3 Å². The number of hydrogen-bond acceptors (Lipinski definition) is 5. The highest BCUT2D eigenvalue weighted by atomic mass is 35.5. The van der Waals surface area contributed by atoms with Crippen LogP contribution in [0.4, 0.5) is 0 Å². The molecule has 1 saturated heterocycles. The number of hydrogen-bond donors (Lipinski definition) is 2. The smallest absolute Gasteiger partial charge is 0.270 e. The van der Waals surface area contributed by atoms with Crippen LogP contribution in [0.3, 0.4) is 0 Å². The van der Waals surface area contributed by atoms with E-state index in [1.165, 1.54) is 12.3 Å². The Hall–Kier alpha value is -2.44. The number of rotatable bonds is 6. The molecule has 7 heteroatoms. The fraction of sp³-hybridized carbons (Fsp3) is 0.350. The predicted octanol–water partition coefficient (Wildman–Crippen LogP) is 2.70. The molecule has 0 aliphatic carbocycles. The van der Waals surface area contributed by atoms with E-state index < -0.39 is 0 Å². The molecule has 3 rings (SSSR count). The van der Waals surface area contributed by atoms with Gasteiger partial charge in [-0.1, -0.05) is 11.6 Å². The number of benzene rings is 1. The Balaban J connectivity index is 1.62. The molecule has 1 fully saturated rings. The zero-order chi connectivity index (χ0) is 19.2. The summed E-state index contributed by atoms with van der Waals surface area (Å²) in [5.74, 6) is -0.294. The first-order chi connectivity index (χ1) is 13.0. The standard InChI is InChI=1S/C20H21ClN2O4/c21-15-1-2-19(25)14(11-15)12-17(24)9-13-3-6-22-18(10-13)20(26)23-16-4-7-27-8-5-16/h1-3,6,10-11,16,25H,4-5,7-9,12H2,(H,23,26). The average Bonchev–Trinajstić information content (AvgIpc) is 2.65. The van der Waals surface area contributed by atoms with Gasteiger partial charge in [-0.25, -0.2) is 0 Å². The number of halogens is 1. The van der Waals surface area contributed by atoms with Crippen molar-refractivity contribution < 1.29 is 19.4 Å². The number of amides is 1. The number of carbonyl (C=O) groups excluding carboxylic acids is 2. The fourth-order valence-electron chi connectivity index (χ4n) is 3.01. The van der Waals surface area contributed by atoms with Gasteiger partial charge < -0.3 is 15.2 Å². The molecule has 1 amide bonds. The number of Topliss-reactive ketones (excluding diaryl/α,β-unsaturated/α-hetero) is 1. The summed E-state index contributed by atoms with van der Waals surface area (Å²) in [5, 5.41) is 13.3. The van der Waals surface area contributed by atoms with E-state index >= 15 is 0 Å². The van der Waals surface area contributed by atoms with Gasteiger partial charge in [0.2, 0.25) is 0 Å². The number of phenols is 1. The summed E-state index contributed by atoms with van der Waals surface area (Å²) in [5.41, 5.74) is 1.48. The van der Waals surface area contributed by atoms with Crippen molar-refractivity contribution in [1.29, 1.82) is 0 Å². The van der Waals surface area contributed by atoms with E-state index in [1.54, 1.807) is 24.3 Å². The van der Waals surface area contributed by atoms with Crippen molar-refractivity contribution in [3.63, 3.8) is 0 Å². The Labute approximate surface area is 162 Å². The molecule has 1 aliphatic heterocycles. The summed E-state index contributed by atoms with van der Waals surface area (Å²) >= 11 is 5.91. The van der Waals surface area contributed by atoms with E-state index in [0.29, 0.717) is 29.4 Å². The number of nitrogens with zero attached hydrogens (tertiary/aromatic N) is 1. The highest BCUT2D eigenvalue weighted by molar-refractivity contribution is 6.30. The van der Waals surface area contributed by atoms with E-state index in [1.807, 2.05) is 0 Å². The summed E-state index contributed by atoms with van der Waals surface area (Å²) < 4.78 is 5.28. The van der Waals surface area contributed by atoms with Gasteiger partial charge in [0.25, 0.3) is 5.91 Å². The van der Waals surface area contributed by atoms with Crippen molar-refractivity contribution in [3.05, 3.63) is 58.4 Å². The summed E-state index contributed by atoms with van der Waals surface area (Å²) in [6.07, 6.45) is 3.31. The van der Waals surface area contributed by atoms with E-state index in [4.69, 9.17) is 16.3 Å². The lowest BCUT2D eigenvalue weighted by atomic mass is 10.0. The lowest BCUT2D eigenvalue weighted by Crippen LogP contribution is -2.39. The summed E-state index contributed by atoms with van der Waals surface area (Å²) in [6, 6.07) is 8.04. The van der Waals surface area contributed by atoms with Crippen LogP contribution in [0.5, 0.6) is 5.75 Å². The number of aromatic nitrogens is 1. The maximum Gasteiger partial charge on any atom is 0.270 e. The number of aromatic hydroxyl groups is 1. The van der Waals surface area contributed by atoms with Crippen LogP contribution in [-0.4, -0.2) is 41.0 Å². The van der Waals surface area contributed by atoms with E-state index in [-0.39, 0.29) is 42.0 Å². The van der Waals surface area contributed by atoms with Gasteiger partial charge in [-0.2, -0.15) is 0 Å². The lowest BCUT2D eigenvalue weighted by molar-refractivity contribution is -0.117. The molecular formula is C20H21ClN2O4. The lowest BCUT2D eigenvalue weighted by Gasteiger charge is -2.22. The second-order valence-corrected chi connectivity index (χ2v) is 7.01. The number of nitrogens with one attached hydrogen (secondary N) is 1. The fourth-order valence-corrected chi connectivity index (χ4v) is 3.20. The molecule has 6 nitrogen and oxygen atoms in total. The van der Waals surface area contributed by atoms with E-state index in [0.717, 1.165) is 12.8 Å². The minimum Gasteiger partial charge on any atom is -0.508 e. The monoisotopic (exact) mass is 388 g/mol. The van der Waals surface area contributed by atoms with Crippen LogP contribution in [0.2, 0.25) is 5.02 Å². The summed E-state index contributed by atoms with van der Waals surface area (Å²) in [6.45, 7) is 1.28. The Morgan fingerprint density at radius 3 is 2.74 bits per heavy atom. The Kier molecular flexibility index (Phi) is 6.42. The molecule has 0 saturated carbocycles. The van der Waals surface area contributed by atoms with E-state index in [2.05, 4.69) is 10.3 Å². The van der Waals surface area contributed by atoms with Crippen molar-refractivity contribution in [2.75, 3.05) is 13.2 Å². The molecule has 2 N–H and O–H groups in total. The van der Waals surface area contributed by atoms with E-state index in [9.17, 15) is 14.7 Å². The van der Waals surface area contributed by atoms with Crippen molar-refractivity contribution in [3.8, 4) is 5.75 Å². The Morgan fingerprint density at radius 1 is 1.19 bits per heavy atom.